The summed E-state index contributed by atoms with van der Waals surface area (Å²) in [6, 6.07) is 11.3. The van der Waals surface area contributed by atoms with E-state index < -0.39 is 0 Å². The van der Waals surface area contributed by atoms with Crippen LogP contribution in [-0.4, -0.2) is 37.7 Å². The molecule has 0 bridgehead atoms. The summed E-state index contributed by atoms with van der Waals surface area (Å²) in [6.45, 7) is 5.92. The molecule has 2 heterocycles. The molecule has 1 aromatic heterocycles. The Morgan fingerprint density at radius 3 is 2.79 bits per heavy atom. The van der Waals surface area contributed by atoms with Crippen LogP contribution in [0.4, 0.5) is 5.69 Å². The fourth-order valence-electron chi connectivity index (χ4n) is 3.09. The van der Waals surface area contributed by atoms with Crippen molar-refractivity contribution in [2.75, 3.05) is 11.1 Å². The van der Waals surface area contributed by atoms with Crippen LogP contribution >= 0.6 is 11.8 Å². The lowest BCUT2D eigenvalue weighted by molar-refractivity contribution is -0.116. The molecule has 7 nitrogen and oxygen atoms in total. The van der Waals surface area contributed by atoms with Crippen LogP contribution in [0.1, 0.15) is 39.9 Å². The summed E-state index contributed by atoms with van der Waals surface area (Å²) in [5.41, 5.74) is 5.43. The first-order chi connectivity index (χ1) is 13.4. The van der Waals surface area contributed by atoms with Crippen LogP contribution in [0.15, 0.2) is 41.6 Å². The molecule has 1 atom stereocenters. The molecule has 4 rings (SSSR count). The Balaban J connectivity index is 1.50. The topological polar surface area (TPSA) is 89.8 Å². The zero-order valence-electron chi connectivity index (χ0n) is 15.8. The van der Waals surface area contributed by atoms with E-state index in [1.165, 1.54) is 17.3 Å². The van der Waals surface area contributed by atoms with Crippen molar-refractivity contribution in [3.63, 3.8) is 0 Å². The van der Waals surface area contributed by atoms with Gasteiger partial charge in [-0.15, -0.1) is 5.10 Å². The molecular weight excluding hydrogens is 374 g/mol. The van der Waals surface area contributed by atoms with E-state index in [9.17, 15) is 9.59 Å². The average Bonchev–Trinajstić information content (AvgIpc) is 3.26. The predicted molar refractivity (Wildman–Crippen MR) is 107 cm³/mol. The number of hydrogen-bond donors (Lipinski definition) is 1. The first-order valence-electron chi connectivity index (χ1n) is 8.91. The fourth-order valence-corrected chi connectivity index (χ4v) is 3.88. The summed E-state index contributed by atoms with van der Waals surface area (Å²) >= 11 is 1.29. The number of fused-ring (bicyclic) bond motifs is 1. The first-order valence-corrected chi connectivity index (χ1v) is 9.89. The van der Waals surface area contributed by atoms with Crippen molar-refractivity contribution < 1.29 is 9.59 Å². The molecule has 8 heteroatoms. The van der Waals surface area contributed by atoms with E-state index in [1.54, 1.807) is 22.9 Å². The van der Waals surface area contributed by atoms with Gasteiger partial charge in [0.05, 0.1) is 17.4 Å². The highest BCUT2D eigenvalue weighted by Crippen LogP contribution is 2.33. The molecule has 0 spiro atoms. The lowest BCUT2D eigenvalue weighted by Gasteiger charge is -2.07. The van der Waals surface area contributed by atoms with E-state index in [0.29, 0.717) is 10.7 Å². The molecule has 1 amide bonds. The second-order valence-electron chi connectivity index (χ2n) is 6.87. The lowest BCUT2D eigenvalue weighted by Crippen LogP contribution is -2.08. The predicted octanol–water partition coefficient (Wildman–Crippen LogP) is 3.31. The van der Waals surface area contributed by atoms with E-state index in [-0.39, 0.29) is 23.4 Å². The van der Waals surface area contributed by atoms with Crippen LogP contribution in [-0.2, 0) is 4.79 Å². The van der Waals surface area contributed by atoms with Crippen molar-refractivity contribution in [3.8, 4) is 5.69 Å². The highest BCUT2D eigenvalue weighted by Gasteiger charge is 2.27. The second-order valence-corrected chi connectivity index (χ2v) is 7.81. The number of hydrogen-bond acceptors (Lipinski definition) is 6. The molecule has 0 radical (unpaired) electrons. The Kier molecular flexibility index (Phi) is 4.72. The Morgan fingerprint density at radius 2 is 2.00 bits per heavy atom. The number of carbonyl (C=O) groups excluding carboxylic acids is 2. The Hall–Kier alpha value is -3.00. The molecule has 3 aromatic rings. The summed E-state index contributed by atoms with van der Waals surface area (Å²) in [5.74, 6) is -0.109. The molecule has 0 unspecified atom stereocenters. The molecule has 0 saturated heterocycles. The third kappa shape index (κ3) is 3.31. The number of aromatic nitrogens is 4. The number of anilines is 1. The number of ketones is 1. The van der Waals surface area contributed by atoms with Crippen LogP contribution in [0.2, 0.25) is 0 Å². The van der Waals surface area contributed by atoms with Crippen LogP contribution in [0.5, 0.6) is 0 Å². The van der Waals surface area contributed by atoms with Gasteiger partial charge in [0.25, 0.3) is 0 Å². The smallest absolute Gasteiger partial charge is 0.231 e. The SMILES string of the molecule is Cc1ccc(-n2nnnc2SCC(=O)c2ccc3c(c2)[C@H](C)C(=O)N3)cc1C. The molecular formula is C20H19N5O2S. The fraction of sp³-hybridized carbons (Fsp3) is 0.250. The van der Waals surface area contributed by atoms with Crippen molar-refractivity contribution in [2.24, 2.45) is 0 Å². The molecule has 0 saturated carbocycles. The summed E-state index contributed by atoms with van der Waals surface area (Å²) in [5, 5.41) is 15.2. The number of thioether (sulfide) groups is 1. The third-order valence-corrected chi connectivity index (χ3v) is 5.92. The Morgan fingerprint density at radius 1 is 1.18 bits per heavy atom. The van der Waals surface area contributed by atoms with Gasteiger partial charge in [0.2, 0.25) is 11.1 Å². The van der Waals surface area contributed by atoms with Crippen molar-refractivity contribution in [1.82, 2.24) is 20.2 Å². The highest BCUT2D eigenvalue weighted by atomic mass is 32.2. The van der Waals surface area contributed by atoms with Gasteiger partial charge in [0.1, 0.15) is 0 Å². The van der Waals surface area contributed by atoms with Gasteiger partial charge in [-0.25, -0.2) is 0 Å². The molecule has 28 heavy (non-hydrogen) atoms. The Bertz CT molecular complexity index is 1090. The quantitative estimate of drug-likeness (QED) is 0.528. The largest absolute Gasteiger partial charge is 0.325 e. The molecule has 0 fully saturated rings. The first kappa shape index (κ1) is 18.4. The number of nitrogens with one attached hydrogen (secondary N) is 1. The molecule has 0 aliphatic carbocycles. The highest BCUT2D eigenvalue weighted by molar-refractivity contribution is 7.99. The average molecular weight is 393 g/mol. The van der Waals surface area contributed by atoms with Gasteiger partial charge < -0.3 is 5.32 Å². The van der Waals surface area contributed by atoms with Gasteiger partial charge in [0.15, 0.2) is 5.78 Å². The third-order valence-electron chi connectivity index (χ3n) is 5.00. The van der Waals surface area contributed by atoms with Crippen molar-refractivity contribution >= 4 is 29.1 Å². The molecule has 1 N–H and O–H groups in total. The van der Waals surface area contributed by atoms with E-state index in [2.05, 4.69) is 20.8 Å². The van der Waals surface area contributed by atoms with E-state index in [0.717, 1.165) is 22.5 Å². The summed E-state index contributed by atoms with van der Waals surface area (Å²) < 4.78 is 1.64. The normalized spacial score (nSPS) is 15.4. The number of nitrogens with zero attached hydrogens (tertiary/aromatic N) is 4. The zero-order valence-corrected chi connectivity index (χ0v) is 16.6. The van der Waals surface area contributed by atoms with Gasteiger partial charge in [-0.05, 0) is 78.2 Å². The summed E-state index contributed by atoms with van der Waals surface area (Å²) in [7, 11) is 0. The minimum absolute atomic E-state index is 0.0333. The van der Waals surface area contributed by atoms with Crippen LogP contribution in [0.3, 0.4) is 0 Å². The van der Waals surface area contributed by atoms with Gasteiger partial charge in [-0.2, -0.15) is 4.68 Å². The van der Waals surface area contributed by atoms with Crippen LogP contribution in [0, 0.1) is 13.8 Å². The number of benzene rings is 2. The maximum Gasteiger partial charge on any atom is 0.231 e. The monoisotopic (exact) mass is 393 g/mol. The zero-order chi connectivity index (χ0) is 19.8. The molecule has 1 aliphatic rings. The number of rotatable bonds is 5. The Labute approximate surface area is 166 Å². The van der Waals surface area contributed by atoms with E-state index >= 15 is 0 Å². The summed E-state index contributed by atoms with van der Waals surface area (Å²) in [6.07, 6.45) is 0. The van der Waals surface area contributed by atoms with Gasteiger partial charge >= 0.3 is 0 Å². The van der Waals surface area contributed by atoms with Gasteiger partial charge in [-0.1, -0.05) is 17.8 Å². The van der Waals surface area contributed by atoms with Gasteiger partial charge in [0, 0.05) is 11.3 Å². The second kappa shape index (κ2) is 7.20. The van der Waals surface area contributed by atoms with E-state index in [1.807, 2.05) is 39.0 Å². The molecule has 142 valence electrons. The standard InChI is InChI=1S/C20H19N5O2S/c1-11-4-6-15(8-12(11)2)25-20(22-23-24-25)28-10-18(26)14-5-7-17-16(9-14)13(3)19(27)21-17/h4-9,13H,10H2,1-3H3,(H,21,27)/t13-/m0/s1. The summed E-state index contributed by atoms with van der Waals surface area (Å²) in [4.78, 5) is 24.5. The number of Topliss-reactive ketones (excluding diaryl/α,β-unsaturated/α-hetero) is 1. The van der Waals surface area contributed by atoms with Crippen molar-refractivity contribution in [3.05, 3.63) is 58.7 Å². The van der Waals surface area contributed by atoms with Crippen molar-refractivity contribution in [2.45, 2.75) is 31.8 Å². The van der Waals surface area contributed by atoms with Crippen LogP contribution in [0.25, 0.3) is 5.69 Å². The van der Waals surface area contributed by atoms with Crippen molar-refractivity contribution in [1.29, 1.82) is 0 Å². The molecule has 2 aromatic carbocycles. The number of amides is 1. The minimum Gasteiger partial charge on any atom is -0.325 e. The minimum atomic E-state index is -0.243. The maximum absolute atomic E-state index is 12.7. The number of aryl methyl sites for hydroxylation is 2. The maximum atomic E-state index is 12.7. The van der Waals surface area contributed by atoms with E-state index in [4.69, 9.17) is 0 Å². The number of tetrazole rings is 1. The van der Waals surface area contributed by atoms with Gasteiger partial charge in [-0.3, -0.25) is 9.59 Å². The lowest BCUT2D eigenvalue weighted by atomic mass is 9.99. The van der Waals surface area contributed by atoms with Crippen LogP contribution < -0.4 is 5.32 Å². The number of carbonyl (C=O) groups is 2. The molecule has 1 aliphatic heterocycles.